The van der Waals surface area contributed by atoms with Gasteiger partial charge in [0, 0.05) is 10.6 Å². The van der Waals surface area contributed by atoms with E-state index in [2.05, 4.69) is 15.5 Å². The van der Waals surface area contributed by atoms with Crippen LogP contribution in [0.2, 0.25) is 5.02 Å². The molecule has 2 aromatic carbocycles. The lowest BCUT2D eigenvalue weighted by atomic mass is 10.2. The second kappa shape index (κ2) is 8.73. The standard InChI is InChI=1S/C18H16ClN3O3S/c1-24-15-7-3-5-13(9-20-22-18-21-16(23)11-26-18)17(15)25-10-12-4-2-6-14(19)8-12/h2-9H,10-11H2,1H3,(H,21,22,23). The third-order valence-electron chi connectivity index (χ3n) is 3.43. The number of hydrogen-bond donors (Lipinski definition) is 1. The Balaban J connectivity index is 1.78. The number of hydrogen-bond acceptors (Lipinski definition) is 6. The Morgan fingerprint density at radius 2 is 2.15 bits per heavy atom. The van der Waals surface area contributed by atoms with Crippen LogP contribution in [0.15, 0.2) is 52.7 Å². The molecule has 1 N–H and O–H groups in total. The van der Waals surface area contributed by atoms with Crippen molar-refractivity contribution in [3.8, 4) is 11.5 Å². The van der Waals surface area contributed by atoms with Gasteiger partial charge in [-0.25, -0.2) is 0 Å². The molecule has 8 heteroatoms. The third-order valence-corrected chi connectivity index (χ3v) is 4.53. The number of para-hydroxylation sites is 1. The molecule has 0 aromatic heterocycles. The lowest BCUT2D eigenvalue weighted by Crippen LogP contribution is -2.19. The van der Waals surface area contributed by atoms with Crippen LogP contribution in [0.4, 0.5) is 0 Å². The molecule has 0 spiro atoms. The van der Waals surface area contributed by atoms with Gasteiger partial charge in [-0.15, -0.1) is 5.10 Å². The highest BCUT2D eigenvalue weighted by atomic mass is 35.5. The van der Waals surface area contributed by atoms with Crippen LogP contribution >= 0.6 is 23.4 Å². The van der Waals surface area contributed by atoms with Gasteiger partial charge in [0.1, 0.15) is 6.61 Å². The number of thioether (sulfide) groups is 1. The molecular weight excluding hydrogens is 374 g/mol. The van der Waals surface area contributed by atoms with Crippen LogP contribution in [0.25, 0.3) is 0 Å². The molecule has 1 aliphatic rings. The predicted molar refractivity (Wildman–Crippen MR) is 104 cm³/mol. The minimum absolute atomic E-state index is 0.0733. The van der Waals surface area contributed by atoms with Gasteiger partial charge in [0.2, 0.25) is 5.91 Å². The Morgan fingerprint density at radius 1 is 1.31 bits per heavy atom. The van der Waals surface area contributed by atoms with Crippen LogP contribution in [-0.4, -0.2) is 30.2 Å². The highest BCUT2D eigenvalue weighted by molar-refractivity contribution is 8.15. The van der Waals surface area contributed by atoms with Gasteiger partial charge in [0.15, 0.2) is 16.7 Å². The minimum Gasteiger partial charge on any atom is -0.493 e. The Labute approximate surface area is 160 Å². The number of ether oxygens (including phenoxy) is 2. The van der Waals surface area contributed by atoms with E-state index in [1.54, 1.807) is 13.3 Å². The summed E-state index contributed by atoms with van der Waals surface area (Å²) >= 11 is 7.32. The fourth-order valence-electron chi connectivity index (χ4n) is 2.25. The molecule has 0 atom stereocenters. The molecular formula is C18H16ClN3O3S. The largest absolute Gasteiger partial charge is 0.493 e. The molecule has 1 saturated heterocycles. The highest BCUT2D eigenvalue weighted by Crippen LogP contribution is 2.31. The number of benzene rings is 2. The van der Waals surface area contributed by atoms with Gasteiger partial charge in [-0.3, -0.25) is 4.79 Å². The zero-order valence-corrected chi connectivity index (χ0v) is 15.5. The molecule has 1 amide bonds. The summed E-state index contributed by atoms with van der Waals surface area (Å²) in [5, 5.41) is 11.8. The maximum Gasteiger partial charge on any atom is 0.236 e. The SMILES string of the molecule is COc1cccc(C=NN=C2NC(=O)CS2)c1OCc1cccc(Cl)c1. The van der Waals surface area contributed by atoms with Gasteiger partial charge in [0.25, 0.3) is 0 Å². The van der Waals surface area contributed by atoms with Crippen molar-refractivity contribution in [3.05, 3.63) is 58.6 Å². The van der Waals surface area contributed by atoms with Crippen molar-refractivity contribution in [1.82, 2.24) is 5.32 Å². The van der Waals surface area contributed by atoms with E-state index in [1.807, 2.05) is 42.5 Å². The van der Waals surface area contributed by atoms with E-state index >= 15 is 0 Å². The normalized spacial score (nSPS) is 15.5. The topological polar surface area (TPSA) is 72.3 Å². The monoisotopic (exact) mass is 389 g/mol. The number of nitrogens with one attached hydrogen (secondary N) is 1. The van der Waals surface area contributed by atoms with E-state index in [4.69, 9.17) is 21.1 Å². The molecule has 1 aliphatic heterocycles. The first-order valence-corrected chi connectivity index (χ1v) is 9.10. The van der Waals surface area contributed by atoms with Gasteiger partial charge in [-0.1, -0.05) is 41.6 Å². The number of halogens is 1. The predicted octanol–water partition coefficient (Wildman–Crippen LogP) is 3.48. The van der Waals surface area contributed by atoms with Crippen LogP contribution in [0.5, 0.6) is 11.5 Å². The van der Waals surface area contributed by atoms with Crippen molar-refractivity contribution in [1.29, 1.82) is 0 Å². The number of carbonyl (C=O) groups excluding carboxylic acids is 1. The molecule has 1 heterocycles. The lowest BCUT2D eigenvalue weighted by molar-refractivity contribution is -0.116. The van der Waals surface area contributed by atoms with Crippen molar-refractivity contribution >= 4 is 40.7 Å². The fourth-order valence-corrected chi connectivity index (χ4v) is 3.10. The quantitative estimate of drug-likeness (QED) is 0.606. The van der Waals surface area contributed by atoms with Crippen molar-refractivity contribution in [2.45, 2.75) is 6.61 Å². The van der Waals surface area contributed by atoms with Crippen LogP contribution in [0.3, 0.4) is 0 Å². The molecule has 134 valence electrons. The number of nitrogens with zero attached hydrogens (tertiary/aromatic N) is 2. The van der Waals surface area contributed by atoms with Gasteiger partial charge in [-0.2, -0.15) is 5.10 Å². The maximum atomic E-state index is 11.2. The van der Waals surface area contributed by atoms with E-state index in [9.17, 15) is 4.79 Å². The smallest absolute Gasteiger partial charge is 0.236 e. The van der Waals surface area contributed by atoms with Crippen molar-refractivity contribution in [2.75, 3.05) is 12.9 Å². The Hall–Kier alpha value is -2.51. The Kier molecular flexibility index (Phi) is 6.14. The summed E-state index contributed by atoms with van der Waals surface area (Å²) in [6, 6.07) is 13.0. The van der Waals surface area contributed by atoms with Crippen LogP contribution in [0, 0.1) is 0 Å². The first-order valence-electron chi connectivity index (χ1n) is 7.73. The highest BCUT2D eigenvalue weighted by Gasteiger charge is 2.16. The molecule has 1 fully saturated rings. The van der Waals surface area contributed by atoms with Crippen molar-refractivity contribution < 1.29 is 14.3 Å². The number of amides is 1. The summed E-state index contributed by atoms with van der Waals surface area (Å²) in [6.45, 7) is 0.336. The van der Waals surface area contributed by atoms with Gasteiger partial charge < -0.3 is 14.8 Å². The summed E-state index contributed by atoms with van der Waals surface area (Å²) < 4.78 is 11.3. The van der Waals surface area contributed by atoms with E-state index in [1.165, 1.54) is 11.8 Å². The molecule has 26 heavy (non-hydrogen) atoms. The van der Waals surface area contributed by atoms with Crippen molar-refractivity contribution in [2.24, 2.45) is 10.2 Å². The average Bonchev–Trinajstić information content (AvgIpc) is 3.05. The molecule has 0 aliphatic carbocycles. The second-order valence-electron chi connectivity index (χ2n) is 5.28. The van der Waals surface area contributed by atoms with E-state index in [0.29, 0.717) is 39.6 Å². The summed E-state index contributed by atoms with van der Waals surface area (Å²) in [6.07, 6.45) is 1.56. The Bertz CT molecular complexity index is 871. The van der Waals surface area contributed by atoms with E-state index in [0.717, 1.165) is 5.56 Å². The second-order valence-corrected chi connectivity index (χ2v) is 6.68. The summed E-state index contributed by atoms with van der Waals surface area (Å²) in [7, 11) is 1.58. The van der Waals surface area contributed by atoms with E-state index < -0.39 is 0 Å². The molecule has 2 aromatic rings. The zero-order valence-electron chi connectivity index (χ0n) is 13.9. The molecule has 3 rings (SSSR count). The maximum absolute atomic E-state index is 11.2. The van der Waals surface area contributed by atoms with Crippen LogP contribution in [0.1, 0.15) is 11.1 Å². The molecule has 0 unspecified atom stereocenters. The molecule has 0 radical (unpaired) electrons. The van der Waals surface area contributed by atoms with Gasteiger partial charge in [0.05, 0.1) is 19.1 Å². The van der Waals surface area contributed by atoms with Crippen LogP contribution in [-0.2, 0) is 11.4 Å². The number of carbonyl (C=O) groups is 1. The van der Waals surface area contributed by atoms with Gasteiger partial charge >= 0.3 is 0 Å². The lowest BCUT2D eigenvalue weighted by Gasteiger charge is -2.13. The molecule has 6 nitrogen and oxygen atoms in total. The van der Waals surface area contributed by atoms with Crippen molar-refractivity contribution in [3.63, 3.8) is 0 Å². The number of methoxy groups -OCH3 is 1. The first-order chi connectivity index (χ1) is 12.7. The number of rotatable bonds is 6. The first kappa shape index (κ1) is 18.3. The van der Waals surface area contributed by atoms with Gasteiger partial charge in [-0.05, 0) is 29.8 Å². The van der Waals surface area contributed by atoms with E-state index in [-0.39, 0.29) is 5.91 Å². The third kappa shape index (κ3) is 4.77. The summed E-state index contributed by atoms with van der Waals surface area (Å²) in [5.74, 6) is 1.44. The Morgan fingerprint density at radius 3 is 2.88 bits per heavy atom. The molecule has 0 saturated carbocycles. The average molecular weight is 390 g/mol. The minimum atomic E-state index is -0.0733. The zero-order chi connectivity index (χ0) is 18.4. The van der Waals surface area contributed by atoms with Crippen LogP contribution < -0.4 is 14.8 Å². The fraction of sp³-hybridized carbons (Fsp3) is 0.167. The summed E-state index contributed by atoms with van der Waals surface area (Å²) in [5.41, 5.74) is 1.65. The molecule has 0 bridgehead atoms. The number of amidine groups is 1. The summed E-state index contributed by atoms with van der Waals surface area (Å²) in [4.78, 5) is 11.2.